The Morgan fingerprint density at radius 2 is 1.96 bits per heavy atom. The molecule has 25 heavy (non-hydrogen) atoms. The first kappa shape index (κ1) is 16.4. The highest BCUT2D eigenvalue weighted by molar-refractivity contribution is 5.82. The van der Waals surface area contributed by atoms with E-state index >= 15 is 0 Å². The zero-order valence-electron chi connectivity index (χ0n) is 13.2. The van der Waals surface area contributed by atoms with Crippen LogP contribution in [0.5, 0.6) is 5.75 Å². The van der Waals surface area contributed by atoms with Crippen molar-refractivity contribution in [3.63, 3.8) is 0 Å². The molecule has 126 valence electrons. The van der Waals surface area contributed by atoms with Crippen LogP contribution in [0.25, 0.3) is 5.69 Å². The fraction of sp³-hybridized carbons (Fsp3) is 0.0556. The number of carbonyl (C=O) groups excluding carboxylic acids is 1. The zero-order chi connectivity index (χ0) is 17.5. The van der Waals surface area contributed by atoms with Gasteiger partial charge in [0.2, 0.25) is 0 Å². The van der Waals surface area contributed by atoms with Crippen molar-refractivity contribution in [2.45, 2.75) is 0 Å². The molecule has 3 rings (SSSR count). The summed E-state index contributed by atoms with van der Waals surface area (Å²) >= 11 is 0. The summed E-state index contributed by atoms with van der Waals surface area (Å²) in [5, 5.41) is 8.05. The van der Waals surface area contributed by atoms with Gasteiger partial charge in [0, 0.05) is 11.8 Å². The largest absolute Gasteiger partial charge is 0.481 e. The molecule has 7 heteroatoms. The van der Waals surface area contributed by atoms with Crippen LogP contribution in [0.3, 0.4) is 0 Å². The highest BCUT2D eigenvalue weighted by atomic mass is 19.1. The van der Waals surface area contributed by atoms with Gasteiger partial charge in [-0.25, -0.2) is 14.5 Å². The van der Waals surface area contributed by atoms with Gasteiger partial charge in [0.15, 0.2) is 18.2 Å². The van der Waals surface area contributed by atoms with E-state index in [0.717, 1.165) is 11.3 Å². The molecule has 0 unspecified atom stereocenters. The molecule has 0 radical (unpaired) electrons. The van der Waals surface area contributed by atoms with E-state index in [4.69, 9.17) is 4.74 Å². The minimum Gasteiger partial charge on any atom is -0.481 e. The number of hydrogen-bond donors (Lipinski definition) is 1. The number of para-hydroxylation sites is 2. The fourth-order valence-electron chi connectivity index (χ4n) is 2.04. The third-order valence-electron chi connectivity index (χ3n) is 3.22. The van der Waals surface area contributed by atoms with Crippen molar-refractivity contribution in [1.82, 2.24) is 15.2 Å². The van der Waals surface area contributed by atoms with Crippen LogP contribution in [-0.4, -0.2) is 28.5 Å². The molecular formula is C18H15FN4O2. The number of halogens is 1. The Balaban J connectivity index is 1.51. The topological polar surface area (TPSA) is 68.5 Å². The van der Waals surface area contributed by atoms with E-state index in [1.165, 1.54) is 18.3 Å². The number of carbonyl (C=O) groups is 1. The molecule has 1 aromatic heterocycles. The number of ether oxygens (including phenoxy) is 1. The molecule has 6 nitrogen and oxygen atoms in total. The van der Waals surface area contributed by atoms with Crippen molar-refractivity contribution in [2.75, 3.05) is 6.61 Å². The molecule has 0 aliphatic carbocycles. The molecule has 0 saturated heterocycles. The third kappa shape index (κ3) is 4.51. The first-order chi connectivity index (χ1) is 12.2. The molecule has 0 aliphatic rings. The maximum Gasteiger partial charge on any atom is 0.277 e. The smallest absolute Gasteiger partial charge is 0.277 e. The monoisotopic (exact) mass is 338 g/mol. The lowest BCUT2D eigenvalue weighted by Gasteiger charge is -2.05. The molecule has 0 bridgehead atoms. The van der Waals surface area contributed by atoms with Gasteiger partial charge in [-0.3, -0.25) is 4.79 Å². The van der Waals surface area contributed by atoms with E-state index in [1.54, 1.807) is 29.2 Å². The normalized spacial score (nSPS) is 10.8. The molecule has 0 aliphatic heterocycles. The lowest BCUT2D eigenvalue weighted by Crippen LogP contribution is -2.24. The van der Waals surface area contributed by atoms with Gasteiger partial charge in [0.1, 0.15) is 0 Å². The summed E-state index contributed by atoms with van der Waals surface area (Å²) in [6.07, 6.45) is 4.87. The van der Waals surface area contributed by atoms with Gasteiger partial charge in [-0.1, -0.05) is 30.3 Å². The Kier molecular flexibility index (Phi) is 5.16. The number of aromatic nitrogens is 2. The average Bonchev–Trinajstić information content (AvgIpc) is 3.11. The summed E-state index contributed by atoms with van der Waals surface area (Å²) in [5.74, 6) is -0.993. The fourth-order valence-corrected chi connectivity index (χ4v) is 2.04. The van der Waals surface area contributed by atoms with E-state index in [-0.39, 0.29) is 12.4 Å². The minimum atomic E-state index is -0.521. The van der Waals surface area contributed by atoms with E-state index in [0.29, 0.717) is 0 Å². The Labute approximate surface area is 143 Å². The molecule has 0 atom stereocenters. The SMILES string of the molecule is O=C(COc1ccccc1F)N/N=C\c1cnn(-c2ccccc2)c1. The number of hydrazone groups is 1. The molecule has 0 spiro atoms. The quantitative estimate of drug-likeness (QED) is 0.555. The molecule has 0 saturated carbocycles. The molecule has 0 fully saturated rings. The third-order valence-corrected chi connectivity index (χ3v) is 3.22. The van der Waals surface area contributed by atoms with Gasteiger partial charge in [-0.05, 0) is 24.3 Å². The van der Waals surface area contributed by atoms with Crippen LogP contribution in [0.4, 0.5) is 4.39 Å². The van der Waals surface area contributed by atoms with E-state index in [9.17, 15) is 9.18 Å². The maximum atomic E-state index is 13.4. The summed E-state index contributed by atoms with van der Waals surface area (Å²) in [6, 6.07) is 15.5. The van der Waals surface area contributed by atoms with Crippen molar-refractivity contribution in [3.8, 4) is 11.4 Å². The van der Waals surface area contributed by atoms with E-state index in [1.807, 2.05) is 30.3 Å². The summed E-state index contributed by atoms with van der Waals surface area (Å²) in [7, 11) is 0. The second kappa shape index (κ2) is 7.87. The summed E-state index contributed by atoms with van der Waals surface area (Å²) in [4.78, 5) is 11.7. The van der Waals surface area contributed by atoms with Crippen LogP contribution in [-0.2, 0) is 4.79 Å². The molecule has 3 aromatic rings. The number of amides is 1. The van der Waals surface area contributed by atoms with E-state index < -0.39 is 11.7 Å². The van der Waals surface area contributed by atoms with Crippen molar-refractivity contribution in [2.24, 2.45) is 5.10 Å². The van der Waals surface area contributed by atoms with Gasteiger partial charge in [-0.15, -0.1) is 0 Å². The van der Waals surface area contributed by atoms with E-state index in [2.05, 4.69) is 15.6 Å². The molecule has 1 N–H and O–H groups in total. The Hall–Kier alpha value is -3.48. The van der Waals surface area contributed by atoms with Gasteiger partial charge >= 0.3 is 0 Å². The van der Waals surface area contributed by atoms with Crippen LogP contribution in [0.15, 0.2) is 72.1 Å². The van der Waals surface area contributed by atoms with Crippen molar-refractivity contribution >= 4 is 12.1 Å². The zero-order valence-corrected chi connectivity index (χ0v) is 13.2. The molecular weight excluding hydrogens is 323 g/mol. The lowest BCUT2D eigenvalue weighted by molar-refractivity contribution is -0.123. The summed E-state index contributed by atoms with van der Waals surface area (Å²) in [5.41, 5.74) is 3.96. The Morgan fingerprint density at radius 3 is 2.76 bits per heavy atom. The minimum absolute atomic E-state index is 0.0192. The number of rotatable bonds is 6. The lowest BCUT2D eigenvalue weighted by atomic mass is 10.3. The molecule has 1 amide bonds. The summed E-state index contributed by atoms with van der Waals surface area (Å²) < 4.78 is 20.1. The van der Waals surface area contributed by atoms with Gasteiger partial charge in [-0.2, -0.15) is 10.2 Å². The van der Waals surface area contributed by atoms with Crippen LogP contribution in [0.2, 0.25) is 0 Å². The predicted molar refractivity (Wildman–Crippen MR) is 91.2 cm³/mol. The van der Waals surface area contributed by atoms with Crippen LogP contribution in [0.1, 0.15) is 5.56 Å². The number of nitrogens with one attached hydrogen (secondary N) is 1. The average molecular weight is 338 g/mol. The van der Waals surface area contributed by atoms with Crippen LogP contribution >= 0.6 is 0 Å². The maximum absolute atomic E-state index is 13.4. The summed E-state index contributed by atoms with van der Waals surface area (Å²) in [6.45, 7) is -0.332. The van der Waals surface area contributed by atoms with Crippen molar-refractivity contribution < 1.29 is 13.9 Å². The first-order valence-electron chi connectivity index (χ1n) is 7.52. The first-order valence-corrected chi connectivity index (χ1v) is 7.52. The van der Waals surface area contributed by atoms with Crippen molar-refractivity contribution in [3.05, 3.63) is 78.4 Å². The van der Waals surface area contributed by atoms with Gasteiger partial charge in [0.05, 0.1) is 18.1 Å². The van der Waals surface area contributed by atoms with Gasteiger partial charge in [0.25, 0.3) is 5.91 Å². The standard InChI is InChI=1S/C18H15FN4O2/c19-16-8-4-5-9-17(16)25-13-18(24)22-20-10-14-11-21-23(12-14)15-6-2-1-3-7-15/h1-12H,13H2,(H,22,24)/b20-10-. The highest BCUT2D eigenvalue weighted by Crippen LogP contribution is 2.14. The number of benzene rings is 2. The van der Waals surface area contributed by atoms with Crippen LogP contribution in [0, 0.1) is 5.82 Å². The second-order valence-corrected chi connectivity index (χ2v) is 5.07. The van der Waals surface area contributed by atoms with Gasteiger partial charge < -0.3 is 4.74 Å². The molecule has 1 heterocycles. The Morgan fingerprint density at radius 1 is 1.20 bits per heavy atom. The second-order valence-electron chi connectivity index (χ2n) is 5.07. The Bertz CT molecular complexity index is 878. The highest BCUT2D eigenvalue weighted by Gasteiger charge is 2.05. The number of hydrogen-bond acceptors (Lipinski definition) is 4. The predicted octanol–water partition coefficient (Wildman–Crippen LogP) is 2.54. The number of nitrogens with zero attached hydrogens (tertiary/aromatic N) is 3. The molecule has 2 aromatic carbocycles. The van der Waals surface area contributed by atoms with Crippen LogP contribution < -0.4 is 10.2 Å². The van der Waals surface area contributed by atoms with Crippen molar-refractivity contribution in [1.29, 1.82) is 0 Å².